The molecule has 0 spiro atoms. The molecule has 0 radical (unpaired) electrons. The third-order valence-electron chi connectivity index (χ3n) is 3.38. The van der Waals surface area contributed by atoms with Crippen molar-refractivity contribution < 1.29 is 9.84 Å². The van der Waals surface area contributed by atoms with Crippen molar-refractivity contribution in [1.29, 1.82) is 0 Å². The Morgan fingerprint density at radius 2 is 1.76 bits per heavy atom. The Bertz CT molecular complexity index is 412. The standard InChI is InChI=1S/C13H19N3O3.2ClH/c1-19-13(17)10-15-6-8-16(9-7-15)12-4-2-11(14-18)3-5-12;;/h2-5,13,17H,6-10H2,1H3;2*1H. The largest absolute Gasteiger partial charge is 0.369 e. The number of aliphatic hydroxyl groups excluding tert-OH is 1. The molecule has 1 unspecified atom stereocenters. The van der Waals surface area contributed by atoms with E-state index in [0.717, 1.165) is 31.9 Å². The van der Waals surface area contributed by atoms with E-state index in [2.05, 4.69) is 15.0 Å². The minimum absolute atomic E-state index is 0. The minimum atomic E-state index is -0.718. The summed E-state index contributed by atoms with van der Waals surface area (Å²) in [6.07, 6.45) is -0.718. The van der Waals surface area contributed by atoms with E-state index in [9.17, 15) is 10.0 Å². The molecular weight excluding hydrogens is 317 g/mol. The summed E-state index contributed by atoms with van der Waals surface area (Å²) in [7, 11) is 1.50. The lowest BCUT2D eigenvalue weighted by atomic mass is 10.2. The van der Waals surface area contributed by atoms with Gasteiger partial charge in [0.05, 0.1) is 0 Å². The summed E-state index contributed by atoms with van der Waals surface area (Å²) in [5.41, 5.74) is 1.55. The fourth-order valence-electron chi connectivity index (χ4n) is 2.21. The monoisotopic (exact) mass is 337 g/mol. The van der Waals surface area contributed by atoms with Crippen LogP contribution >= 0.6 is 24.8 Å². The molecule has 1 aliphatic rings. The van der Waals surface area contributed by atoms with Crippen molar-refractivity contribution in [2.24, 2.45) is 5.18 Å². The molecule has 2 rings (SSSR count). The molecule has 0 aromatic heterocycles. The van der Waals surface area contributed by atoms with Crippen LogP contribution in [-0.4, -0.2) is 56.1 Å². The Morgan fingerprint density at radius 1 is 1.19 bits per heavy atom. The molecular formula is C13H21Cl2N3O3. The Kier molecular flexibility index (Phi) is 9.48. The van der Waals surface area contributed by atoms with Gasteiger partial charge >= 0.3 is 0 Å². The number of methoxy groups -OCH3 is 1. The van der Waals surface area contributed by atoms with Crippen LogP contribution in [0.15, 0.2) is 29.4 Å². The fourth-order valence-corrected chi connectivity index (χ4v) is 2.21. The lowest BCUT2D eigenvalue weighted by Gasteiger charge is -2.36. The summed E-state index contributed by atoms with van der Waals surface area (Å²) in [5.74, 6) is 0. The molecule has 0 amide bonds. The van der Waals surface area contributed by atoms with Crippen molar-refractivity contribution in [2.45, 2.75) is 6.29 Å². The van der Waals surface area contributed by atoms with Gasteiger partial charge in [-0.05, 0) is 29.4 Å². The molecule has 0 bridgehead atoms. The van der Waals surface area contributed by atoms with Gasteiger partial charge in [-0.3, -0.25) is 4.90 Å². The number of rotatable bonds is 5. The first-order valence-electron chi connectivity index (χ1n) is 6.34. The third kappa shape index (κ3) is 5.76. The van der Waals surface area contributed by atoms with Crippen LogP contribution in [-0.2, 0) is 4.74 Å². The molecule has 120 valence electrons. The van der Waals surface area contributed by atoms with E-state index in [-0.39, 0.29) is 24.8 Å². The van der Waals surface area contributed by atoms with Gasteiger partial charge in [0, 0.05) is 45.5 Å². The Hall–Kier alpha value is -0.920. The van der Waals surface area contributed by atoms with E-state index < -0.39 is 6.29 Å². The lowest BCUT2D eigenvalue weighted by Crippen LogP contribution is -2.48. The van der Waals surface area contributed by atoms with Crippen molar-refractivity contribution in [1.82, 2.24) is 4.90 Å². The smallest absolute Gasteiger partial charge is 0.166 e. The normalized spacial score (nSPS) is 16.6. The van der Waals surface area contributed by atoms with Gasteiger partial charge in [-0.1, -0.05) is 0 Å². The first-order valence-corrected chi connectivity index (χ1v) is 6.34. The molecule has 1 heterocycles. The second-order valence-corrected chi connectivity index (χ2v) is 4.59. The third-order valence-corrected chi connectivity index (χ3v) is 3.38. The number of ether oxygens (including phenoxy) is 1. The average Bonchev–Trinajstić information content (AvgIpc) is 2.48. The minimum Gasteiger partial charge on any atom is -0.369 e. The number of piperazine rings is 1. The van der Waals surface area contributed by atoms with Gasteiger partial charge < -0.3 is 14.7 Å². The molecule has 1 atom stereocenters. The van der Waals surface area contributed by atoms with E-state index >= 15 is 0 Å². The first-order chi connectivity index (χ1) is 9.22. The van der Waals surface area contributed by atoms with E-state index in [0.29, 0.717) is 12.2 Å². The molecule has 0 aliphatic carbocycles. The quantitative estimate of drug-likeness (QED) is 0.657. The molecule has 1 aliphatic heterocycles. The van der Waals surface area contributed by atoms with Gasteiger partial charge in [0.1, 0.15) is 5.69 Å². The molecule has 1 aromatic carbocycles. The van der Waals surface area contributed by atoms with E-state index in [1.54, 1.807) is 12.1 Å². The lowest BCUT2D eigenvalue weighted by molar-refractivity contribution is -0.0910. The summed E-state index contributed by atoms with van der Waals surface area (Å²) < 4.78 is 4.85. The maximum Gasteiger partial charge on any atom is 0.166 e. The second kappa shape index (κ2) is 9.92. The van der Waals surface area contributed by atoms with Crippen LogP contribution in [0.1, 0.15) is 0 Å². The van der Waals surface area contributed by atoms with Crippen LogP contribution in [0, 0.1) is 4.91 Å². The number of β-amino-alcohol motifs (C(OH)–C–C–N with tert-alkyl or cyclic N) is 1. The zero-order valence-electron chi connectivity index (χ0n) is 11.8. The highest BCUT2D eigenvalue weighted by Crippen LogP contribution is 2.20. The molecule has 6 nitrogen and oxygen atoms in total. The van der Waals surface area contributed by atoms with Crippen molar-refractivity contribution in [3.05, 3.63) is 29.2 Å². The van der Waals surface area contributed by atoms with Gasteiger partial charge in [0.25, 0.3) is 0 Å². The van der Waals surface area contributed by atoms with Crippen LogP contribution in [0.25, 0.3) is 0 Å². The van der Waals surface area contributed by atoms with Crippen LogP contribution < -0.4 is 4.90 Å². The Morgan fingerprint density at radius 3 is 2.24 bits per heavy atom. The molecule has 21 heavy (non-hydrogen) atoms. The summed E-state index contributed by atoms with van der Waals surface area (Å²) in [5, 5.41) is 12.3. The number of hydrogen-bond donors (Lipinski definition) is 1. The molecule has 1 fully saturated rings. The van der Waals surface area contributed by atoms with Crippen molar-refractivity contribution in [3.63, 3.8) is 0 Å². The van der Waals surface area contributed by atoms with Gasteiger partial charge in [0.15, 0.2) is 6.29 Å². The topological polar surface area (TPSA) is 65.4 Å². The van der Waals surface area contributed by atoms with Gasteiger partial charge in [0.2, 0.25) is 0 Å². The summed E-state index contributed by atoms with van der Waals surface area (Å²) in [4.78, 5) is 14.8. The molecule has 8 heteroatoms. The number of benzene rings is 1. The second-order valence-electron chi connectivity index (χ2n) is 4.59. The number of nitroso groups, excluding NO2 is 1. The van der Waals surface area contributed by atoms with Crippen molar-refractivity contribution in [2.75, 3.05) is 44.7 Å². The predicted octanol–water partition coefficient (Wildman–Crippen LogP) is 2.01. The Labute approximate surface area is 136 Å². The van der Waals surface area contributed by atoms with Crippen LogP contribution in [0.3, 0.4) is 0 Å². The maximum absolute atomic E-state index is 10.4. The summed E-state index contributed by atoms with van der Waals surface area (Å²) >= 11 is 0. The summed E-state index contributed by atoms with van der Waals surface area (Å²) in [6, 6.07) is 7.28. The van der Waals surface area contributed by atoms with Gasteiger partial charge in [-0.15, -0.1) is 29.7 Å². The van der Waals surface area contributed by atoms with E-state index in [1.165, 1.54) is 7.11 Å². The highest BCUT2D eigenvalue weighted by atomic mass is 35.5. The predicted molar refractivity (Wildman–Crippen MR) is 88.1 cm³/mol. The fraction of sp³-hybridized carbons (Fsp3) is 0.538. The number of aliphatic hydroxyl groups is 1. The maximum atomic E-state index is 10.4. The SMILES string of the molecule is COC(O)CN1CCN(c2ccc(N=O)cc2)CC1.Cl.Cl. The van der Waals surface area contributed by atoms with Gasteiger partial charge in [-0.25, -0.2) is 0 Å². The molecule has 1 N–H and O–H groups in total. The van der Waals surface area contributed by atoms with E-state index in [1.807, 2.05) is 12.1 Å². The number of nitrogens with zero attached hydrogens (tertiary/aromatic N) is 3. The summed E-state index contributed by atoms with van der Waals surface area (Å²) in [6.45, 7) is 4.09. The highest BCUT2D eigenvalue weighted by molar-refractivity contribution is 5.85. The number of anilines is 1. The highest BCUT2D eigenvalue weighted by Gasteiger charge is 2.19. The molecule has 1 aromatic rings. The zero-order valence-corrected chi connectivity index (χ0v) is 13.5. The number of hydrogen-bond acceptors (Lipinski definition) is 6. The number of halogens is 2. The molecule has 1 saturated heterocycles. The van der Waals surface area contributed by atoms with Crippen molar-refractivity contribution >= 4 is 36.2 Å². The first kappa shape index (κ1) is 20.1. The Balaban J connectivity index is 0.00000200. The van der Waals surface area contributed by atoms with E-state index in [4.69, 9.17) is 4.74 Å². The van der Waals surface area contributed by atoms with Crippen LogP contribution in [0.2, 0.25) is 0 Å². The molecule has 0 saturated carbocycles. The van der Waals surface area contributed by atoms with Crippen LogP contribution in [0.5, 0.6) is 0 Å². The van der Waals surface area contributed by atoms with Crippen LogP contribution in [0.4, 0.5) is 11.4 Å². The zero-order chi connectivity index (χ0) is 13.7. The van der Waals surface area contributed by atoms with Crippen molar-refractivity contribution in [3.8, 4) is 0 Å². The average molecular weight is 338 g/mol. The van der Waals surface area contributed by atoms with Gasteiger partial charge in [-0.2, -0.15) is 0 Å².